The van der Waals surface area contributed by atoms with Crippen molar-refractivity contribution < 1.29 is 29.4 Å². The fraction of sp³-hybridized carbons (Fsp3) is 0.706. The van der Waals surface area contributed by atoms with E-state index in [1.54, 1.807) is 0 Å². The molecule has 1 heterocycles. The highest BCUT2D eigenvalue weighted by atomic mass is 16.4. The second-order valence-electron chi connectivity index (χ2n) is 7.06. The predicted molar refractivity (Wildman–Crippen MR) is 107 cm³/mol. The van der Waals surface area contributed by atoms with E-state index in [9.17, 15) is 19.2 Å². The van der Waals surface area contributed by atoms with Crippen molar-refractivity contribution in [3.63, 3.8) is 0 Å². The Morgan fingerprint density at radius 3 is 2.47 bits per heavy atom. The van der Waals surface area contributed by atoms with Crippen molar-refractivity contribution in [2.75, 3.05) is 19.7 Å². The molecule has 1 aliphatic rings. The number of carbonyl (C=O) groups is 4. The molecular formula is C17H31N7O6. The van der Waals surface area contributed by atoms with E-state index in [4.69, 9.17) is 27.4 Å². The highest BCUT2D eigenvalue weighted by Crippen LogP contribution is 2.19. The normalized spacial score (nSPS) is 18.8. The molecule has 4 unspecified atom stereocenters. The standard InChI is InChI=1S/C17H31N7O6/c1-9(22-13(26)10(18)4-2-6-21-17(19)20)15(28)24-7-3-5-12(24)14(27)23-11(8-25)16(29)30/h9-12,25H,2-8,18H2,1H3,(H,22,26)(H,23,27)(H,29,30)(H4,19,20,21). The molecule has 0 aromatic heterocycles. The minimum Gasteiger partial charge on any atom is -0.480 e. The number of hydrogen-bond donors (Lipinski definition) is 7. The van der Waals surface area contributed by atoms with Crippen LogP contribution >= 0.6 is 0 Å². The van der Waals surface area contributed by atoms with Crippen LogP contribution in [-0.2, 0) is 19.2 Å². The molecule has 170 valence electrons. The van der Waals surface area contributed by atoms with Crippen LogP contribution in [0.25, 0.3) is 0 Å². The third-order valence-electron chi connectivity index (χ3n) is 4.67. The van der Waals surface area contributed by atoms with Crippen molar-refractivity contribution >= 4 is 29.7 Å². The summed E-state index contributed by atoms with van der Waals surface area (Å²) in [5.41, 5.74) is 16.2. The van der Waals surface area contributed by atoms with Gasteiger partial charge in [-0.3, -0.25) is 19.4 Å². The molecule has 3 amide bonds. The Bertz CT molecular complexity index is 667. The lowest BCUT2D eigenvalue weighted by Gasteiger charge is -2.28. The zero-order chi connectivity index (χ0) is 22.8. The van der Waals surface area contributed by atoms with Crippen LogP contribution in [0.15, 0.2) is 4.99 Å². The Morgan fingerprint density at radius 1 is 1.23 bits per heavy atom. The molecule has 10 N–H and O–H groups in total. The molecule has 1 aliphatic heterocycles. The fourth-order valence-corrected chi connectivity index (χ4v) is 3.04. The van der Waals surface area contributed by atoms with Crippen molar-refractivity contribution in [1.82, 2.24) is 15.5 Å². The quantitative estimate of drug-likeness (QED) is 0.0977. The average molecular weight is 429 g/mol. The van der Waals surface area contributed by atoms with Crippen LogP contribution in [0.2, 0.25) is 0 Å². The number of nitrogens with zero attached hydrogens (tertiary/aromatic N) is 2. The van der Waals surface area contributed by atoms with E-state index in [-0.39, 0.29) is 5.96 Å². The maximum absolute atomic E-state index is 12.7. The monoisotopic (exact) mass is 429 g/mol. The first-order valence-electron chi connectivity index (χ1n) is 9.64. The number of carbonyl (C=O) groups excluding carboxylic acids is 3. The van der Waals surface area contributed by atoms with E-state index in [1.165, 1.54) is 11.8 Å². The molecular weight excluding hydrogens is 398 g/mol. The van der Waals surface area contributed by atoms with Crippen LogP contribution in [0.1, 0.15) is 32.6 Å². The number of aliphatic carboxylic acids is 1. The van der Waals surface area contributed by atoms with E-state index in [1.807, 2.05) is 0 Å². The molecule has 0 radical (unpaired) electrons. The van der Waals surface area contributed by atoms with Crippen molar-refractivity contribution in [3.05, 3.63) is 0 Å². The van der Waals surface area contributed by atoms with Gasteiger partial charge in [-0.2, -0.15) is 0 Å². The largest absolute Gasteiger partial charge is 0.480 e. The maximum Gasteiger partial charge on any atom is 0.328 e. The lowest BCUT2D eigenvalue weighted by atomic mass is 10.1. The van der Waals surface area contributed by atoms with Gasteiger partial charge in [-0.15, -0.1) is 0 Å². The van der Waals surface area contributed by atoms with Gasteiger partial charge in [0, 0.05) is 13.1 Å². The Labute approximate surface area is 174 Å². The number of aliphatic hydroxyl groups excluding tert-OH is 1. The highest BCUT2D eigenvalue weighted by molar-refractivity contribution is 5.94. The molecule has 1 rings (SSSR count). The molecule has 0 aromatic rings. The van der Waals surface area contributed by atoms with E-state index in [2.05, 4.69) is 15.6 Å². The maximum atomic E-state index is 12.7. The third kappa shape index (κ3) is 7.48. The smallest absolute Gasteiger partial charge is 0.328 e. The van der Waals surface area contributed by atoms with E-state index in [0.717, 1.165) is 0 Å². The number of nitrogens with one attached hydrogen (secondary N) is 2. The summed E-state index contributed by atoms with van der Waals surface area (Å²) in [6.45, 7) is 1.33. The number of rotatable bonds is 11. The molecule has 1 fully saturated rings. The van der Waals surface area contributed by atoms with Crippen molar-refractivity contribution in [1.29, 1.82) is 0 Å². The number of carboxylic acid groups (broad SMARTS) is 1. The Hall–Kier alpha value is -2.93. The van der Waals surface area contributed by atoms with Gasteiger partial charge in [0.15, 0.2) is 5.96 Å². The van der Waals surface area contributed by atoms with Gasteiger partial charge in [0.2, 0.25) is 17.7 Å². The number of likely N-dealkylation sites (tertiary alicyclic amines) is 1. The van der Waals surface area contributed by atoms with E-state index in [0.29, 0.717) is 38.8 Å². The molecule has 0 aliphatic carbocycles. The first kappa shape index (κ1) is 25.1. The minimum absolute atomic E-state index is 0.0508. The van der Waals surface area contributed by atoms with Gasteiger partial charge in [-0.05, 0) is 32.6 Å². The van der Waals surface area contributed by atoms with Gasteiger partial charge in [-0.1, -0.05) is 0 Å². The number of amides is 3. The summed E-state index contributed by atoms with van der Waals surface area (Å²) in [5.74, 6) is -3.10. The number of nitrogens with two attached hydrogens (primary N) is 3. The van der Waals surface area contributed by atoms with Gasteiger partial charge < -0.3 is 42.9 Å². The van der Waals surface area contributed by atoms with Gasteiger partial charge >= 0.3 is 5.97 Å². The molecule has 0 spiro atoms. The predicted octanol–water partition coefficient (Wildman–Crippen LogP) is -3.58. The Kier molecular flexibility index (Phi) is 9.98. The second kappa shape index (κ2) is 11.9. The van der Waals surface area contributed by atoms with Crippen LogP contribution in [-0.4, -0.2) is 88.6 Å². The first-order chi connectivity index (χ1) is 14.1. The summed E-state index contributed by atoms with van der Waals surface area (Å²) in [7, 11) is 0. The van der Waals surface area contributed by atoms with Gasteiger partial charge in [-0.25, -0.2) is 4.79 Å². The van der Waals surface area contributed by atoms with E-state index < -0.39 is 54.5 Å². The molecule has 13 nitrogen and oxygen atoms in total. The number of aliphatic imine (C=N–C) groups is 1. The summed E-state index contributed by atoms with van der Waals surface area (Å²) in [6.07, 6.45) is 1.70. The number of hydrogen-bond acceptors (Lipinski definition) is 7. The molecule has 0 saturated carbocycles. The summed E-state index contributed by atoms with van der Waals surface area (Å²) in [6, 6.07) is -4.11. The van der Waals surface area contributed by atoms with Crippen LogP contribution in [0.5, 0.6) is 0 Å². The summed E-state index contributed by atoms with van der Waals surface area (Å²) < 4.78 is 0. The summed E-state index contributed by atoms with van der Waals surface area (Å²) >= 11 is 0. The molecule has 4 atom stereocenters. The SMILES string of the molecule is CC(NC(=O)C(N)CCCN=C(N)N)C(=O)N1CCCC1C(=O)NC(CO)C(=O)O. The average Bonchev–Trinajstić information content (AvgIpc) is 3.17. The van der Waals surface area contributed by atoms with Crippen LogP contribution in [0.4, 0.5) is 0 Å². The summed E-state index contributed by atoms with van der Waals surface area (Å²) in [5, 5.41) is 22.7. The van der Waals surface area contributed by atoms with Crippen molar-refractivity contribution in [3.8, 4) is 0 Å². The van der Waals surface area contributed by atoms with Gasteiger partial charge in [0.1, 0.15) is 18.1 Å². The minimum atomic E-state index is -1.45. The van der Waals surface area contributed by atoms with Crippen molar-refractivity contribution in [2.45, 2.75) is 56.8 Å². The van der Waals surface area contributed by atoms with Gasteiger partial charge in [0.05, 0.1) is 12.6 Å². The molecule has 0 bridgehead atoms. The lowest BCUT2D eigenvalue weighted by molar-refractivity contribution is -0.145. The second-order valence-corrected chi connectivity index (χ2v) is 7.06. The Balaban J connectivity index is 2.61. The zero-order valence-corrected chi connectivity index (χ0v) is 16.9. The molecule has 30 heavy (non-hydrogen) atoms. The molecule has 0 aromatic carbocycles. The Morgan fingerprint density at radius 2 is 1.90 bits per heavy atom. The van der Waals surface area contributed by atoms with E-state index >= 15 is 0 Å². The van der Waals surface area contributed by atoms with Crippen LogP contribution in [0.3, 0.4) is 0 Å². The van der Waals surface area contributed by atoms with Crippen LogP contribution < -0.4 is 27.8 Å². The number of carboxylic acids is 1. The van der Waals surface area contributed by atoms with Crippen LogP contribution in [0, 0.1) is 0 Å². The topological polar surface area (TPSA) is 226 Å². The van der Waals surface area contributed by atoms with Gasteiger partial charge in [0.25, 0.3) is 0 Å². The summed E-state index contributed by atoms with van der Waals surface area (Å²) in [4.78, 5) is 53.4. The zero-order valence-electron chi connectivity index (χ0n) is 16.9. The van der Waals surface area contributed by atoms with Crippen molar-refractivity contribution in [2.24, 2.45) is 22.2 Å². The molecule has 1 saturated heterocycles. The number of aliphatic hydroxyl groups is 1. The number of guanidine groups is 1. The third-order valence-corrected chi connectivity index (χ3v) is 4.67. The lowest BCUT2D eigenvalue weighted by Crippen LogP contribution is -2.56. The fourth-order valence-electron chi connectivity index (χ4n) is 3.04. The molecule has 13 heteroatoms. The first-order valence-corrected chi connectivity index (χ1v) is 9.64. The highest BCUT2D eigenvalue weighted by Gasteiger charge is 2.37.